The Hall–Kier alpha value is -2.88. The Bertz CT molecular complexity index is 721. The van der Waals surface area contributed by atoms with Gasteiger partial charge in [-0.3, -0.25) is 14.9 Å². The van der Waals surface area contributed by atoms with Crippen molar-refractivity contribution in [1.29, 1.82) is 5.26 Å². The van der Waals surface area contributed by atoms with Crippen LogP contribution in [0.3, 0.4) is 0 Å². The van der Waals surface area contributed by atoms with E-state index in [4.69, 9.17) is 0 Å². The van der Waals surface area contributed by atoms with Crippen LogP contribution in [0, 0.1) is 27.4 Å². The number of phenols is 1. The molecular weight excluding hydrogens is 310 g/mol. The second kappa shape index (κ2) is 7.59. The third-order valence-corrected chi connectivity index (χ3v) is 4.30. The zero-order valence-corrected chi connectivity index (χ0v) is 13.4. The molecule has 0 unspecified atom stereocenters. The Balaban J connectivity index is 2.19. The highest BCUT2D eigenvalue weighted by molar-refractivity contribution is 6.01. The molecule has 24 heavy (non-hydrogen) atoms. The summed E-state index contributed by atoms with van der Waals surface area (Å²) in [6, 6.07) is 5.58. The summed E-state index contributed by atoms with van der Waals surface area (Å²) in [6.45, 7) is 2.07. The molecule has 1 amide bonds. The Morgan fingerprint density at radius 1 is 1.46 bits per heavy atom. The number of nitro benzene ring substituents is 1. The number of hydrogen-bond acceptors (Lipinski definition) is 5. The summed E-state index contributed by atoms with van der Waals surface area (Å²) in [5.74, 6) is -0.583. The number of carbonyl (C=O) groups excluding carboxylic acids is 1. The predicted molar refractivity (Wildman–Crippen MR) is 87.9 cm³/mol. The van der Waals surface area contributed by atoms with Gasteiger partial charge in [0.2, 0.25) is 0 Å². The van der Waals surface area contributed by atoms with Crippen molar-refractivity contribution in [3.63, 3.8) is 0 Å². The molecular formula is C17H19N3O4. The number of nitrogens with one attached hydrogen (secondary N) is 1. The van der Waals surface area contributed by atoms with Crippen LogP contribution in [0.4, 0.5) is 5.69 Å². The van der Waals surface area contributed by atoms with Crippen LogP contribution in [0.2, 0.25) is 0 Å². The number of phenolic OH excluding ortho intramolecular Hbond substituents is 1. The van der Waals surface area contributed by atoms with Gasteiger partial charge in [-0.25, -0.2) is 0 Å². The van der Waals surface area contributed by atoms with E-state index in [9.17, 15) is 25.3 Å². The fourth-order valence-corrected chi connectivity index (χ4v) is 2.87. The summed E-state index contributed by atoms with van der Waals surface area (Å²) < 4.78 is 0. The Morgan fingerprint density at radius 2 is 2.17 bits per heavy atom. The van der Waals surface area contributed by atoms with Crippen molar-refractivity contribution in [2.75, 3.05) is 0 Å². The van der Waals surface area contributed by atoms with E-state index in [2.05, 4.69) is 12.2 Å². The van der Waals surface area contributed by atoms with Crippen molar-refractivity contribution in [2.45, 2.75) is 38.6 Å². The maximum atomic E-state index is 12.3. The number of amides is 1. The maximum Gasteiger partial charge on any atom is 0.311 e. The number of benzene rings is 1. The lowest BCUT2D eigenvalue weighted by Crippen LogP contribution is -2.41. The number of rotatable bonds is 4. The molecule has 1 aromatic rings. The van der Waals surface area contributed by atoms with Crippen LogP contribution in [0.1, 0.15) is 38.2 Å². The lowest BCUT2D eigenvalue weighted by atomic mass is 9.86. The number of hydrogen-bond donors (Lipinski definition) is 2. The van der Waals surface area contributed by atoms with Gasteiger partial charge in [0.25, 0.3) is 5.91 Å². The molecule has 0 heterocycles. The van der Waals surface area contributed by atoms with Crippen LogP contribution >= 0.6 is 0 Å². The monoisotopic (exact) mass is 329 g/mol. The summed E-state index contributed by atoms with van der Waals surface area (Å²) in [4.78, 5) is 22.4. The fourth-order valence-electron chi connectivity index (χ4n) is 2.87. The van der Waals surface area contributed by atoms with Gasteiger partial charge in [0, 0.05) is 12.1 Å². The van der Waals surface area contributed by atoms with Crippen LogP contribution in [0.15, 0.2) is 23.8 Å². The third kappa shape index (κ3) is 4.10. The van der Waals surface area contributed by atoms with Crippen LogP contribution in [0.25, 0.3) is 6.08 Å². The molecule has 1 aliphatic carbocycles. The SMILES string of the molecule is C[C@H]1CCCC[C@H]1NC(=O)/C(C#N)=C/c1ccc(O)c([N+](=O)[O-])c1. The van der Waals surface area contributed by atoms with Gasteiger partial charge in [0.15, 0.2) is 5.75 Å². The lowest BCUT2D eigenvalue weighted by molar-refractivity contribution is -0.385. The summed E-state index contributed by atoms with van der Waals surface area (Å²) in [5.41, 5.74) is -0.280. The summed E-state index contributed by atoms with van der Waals surface area (Å²) >= 11 is 0. The lowest BCUT2D eigenvalue weighted by Gasteiger charge is -2.29. The van der Waals surface area contributed by atoms with Crippen LogP contribution in [-0.4, -0.2) is 22.0 Å². The summed E-state index contributed by atoms with van der Waals surface area (Å²) in [7, 11) is 0. The number of nitro groups is 1. The highest BCUT2D eigenvalue weighted by Gasteiger charge is 2.24. The molecule has 1 fully saturated rings. The molecule has 2 N–H and O–H groups in total. The number of carbonyl (C=O) groups is 1. The van der Waals surface area contributed by atoms with Gasteiger partial charge in [-0.2, -0.15) is 5.26 Å². The second-order valence-corrected chi connectivity index (χ2v) is 6.02. The molecule has 0 spiro atoms. The highest BCUT2D eigenvalue weighted by atomic mass is 16.6. The van der Waals surface area contributed by atoms with E-state index in [1.54, 1.807) is 0 Å². The molecule has 7 heteroatoms. The first-order valence-electron chi connectivity index (χ1n) is 7.82. The van der Waals surface area contributed by atoms with Crippen molar-refractivity contribution in [2.24, 2.45) is 5.92 Å². The first kappa shape index (κ1) is 17.5. The third-order valence-electron chi connectivity index (χ3n) is 4.30. The minimum atomic E-state index is -0.720. The number of nitrogens with zero attached hydrogens (tertiary/aromatic N) is 2. The zero-order chi connectivity index (χ0) is 17.7. The first-order chi connectivity index (χ1) is 11.4. The van der Waals surface area contributed by atoms with Gasteiger partial charge in [-0.15, -0.1) is 0 Å². The summed E-state index contributed by atoms with van der Waals surface area (Å²) in [5, 5.41) is 32.4. The van der Waals surface area contributed by atoms with Crippen molar-refractivity contribution < 1.29 is 14.8 Å². The highest BCUT2D eigenvalue weighted by Crippen LogP contribution is 2.27. The van der Waals surface area contributed by atoms with E-state index in [-0.39, 0.29) is 11.6 Å². The molecule has 1 saturated carbocycles. The van der Waals surface area contributed by atoms with E-state index in [1.807, 2.05) is 6.07 Å². The van der Waals surface area contributed by atoms with Gasteiger partial charge in [0.1, 0.15) is 11.6 Å². The average molecular weight is 329 g/mol. The zero-order valence-electron chi connectivity index (χ0n) is 13.4. The quantitative estimate of drug-likeness (QED) is 0.381. The number of nitriles is 1. The van der Waals surface area contributed by atoms with E-state index >= 15 is 0 Å². The van der Waals surface area contributed by atoms with Crippen LogP contribution in [-0.2, 0) is 4.79 Å². The minimum Gasteiger partial charge on any atom is -0.502 e. The van der Waals surface area contributed by atoms with Gasteiger partial charge in [0.05, 0.1) is 4.92 Å². The maximum absolute atomic E-state index is 12.3. The Morgan fingerprint density at radius 3 is 2.79 bits per heavy atom. The molecule has 0 saturated heterocycles. The van der Waals surface area contributed by atoms with Gasteiger partial charge < -0.3 is 10.4 Å². The van der Waals surface area contributed by atoms with Gasteiger partial charge >= 0.3 is 5.69 Å². The standard InChI is InChI=1S/C17H19N3O4/c1-11-4-2-3-5-14(11)19-17(22)13(10-18)8-12-6-7-16(21)15(9-12)20(23)24/h6-9,11,14,21H,2-5H2,1H3,(H,19,22)/b13-8+/t11-,14+/m0/s1. The Kier molecular flexibility index (Phi) is 5.53. The molecule has 1 aliphatic rings. The average Bonchev–Trinajstić information content (AvgIpc) is 2.55. The minimum absolute atomic E-state index is 0.0390. The normalized spacial score (nSPS) is 20.9. The van der Waals surface area contributed by atoms with Crippen LogP contribution in [0.5, 0.6) is 5.75 Å². The van der Waals surface area contributed by atoms with Crippen molar-refractivity contribution in [3.8, 4) is 11.8 Å². The number of aromatic hydroxyl groups is 1. The topological polar surface area (TPSA) is 116 Å². The van der Waals surface area contributed by atoms with E-state index in [0.29, 0.717) is 11.5 Å². The van der Waals surface area contributed by atoms with Crippen molar-refractivity contribution in [1.82, 2.24) is 5.32 Å². The second-order valence-electron chi connectivity index (χ2n) is 6.02. The molecule has 2 atom stereocenters. The molecule has 0 aliphatic heterocycles. The molecule has 126 valence electrons. The van der Waals surface area contributed by atoms with E-state index in [0.717, 1.165) is 31.7 Å². The summed E-state index contributed by atoms with van der Waals surface area (Å²) in [6.07, 6.45) is 5.41. The Labute approximate surface area is 139 Å². The van der Waals surface area contributed by atoms with Gasteiger partial charge in [-0.05, 0) is 36.5 Å². The molecule has 0 radical (unpaired) electrons. The van der Waals surface area contributed by atoms with Crippen molar-refractivity contribution >= 4 is 17.7 Å². The molecule has 2 rings (SSSR count). The molecule has 0 bridgehead atoms. The molecule has 1 aromatic carbocycles. The molecule has 0 aromatic heterocycles. The first-order valence-corrected chi connectivity index (χ1v) is 7.82. The van der Waals surface area contributed by atoms with E-state index < -0.39 is 22.3 Å². The van der Waals surface area contributed by atoms with Gasteiger partial charge in [-0.1, -0.05) is 25.8 Å². The predicted octanol–water partition coefficient (Wildman–Crippen LogP) is 2.90. The largest absolute Gasteiger partial charge is 0.502 e. The smallest absolute Gasteiger partial charge is 0.311 e. The molecule has 7 nitrogen and oxygen atoms in total. The van der Waals surface area contributed by atoms with Crippen molar-refractivity contribution in [3.05, 3.63) is 39.4 Å². The fraction of sp³-hybridized carbons (Fsp3) is 0.412. The van der Waals surface area contributed by atoms with E-state index in [1.165, 1.54) is 18.2 Å². The van der Waals surface area contributed by atoms with Crippen LogP contribution < -0.4 is 5.32 Å².